The molecule has 2 heterocycles. The van der Waals surface area contributed by atoms with Gasteiger partial charge in [-0.05, 0) is 51.7 Å². The number of nitrogens with one attached hydrogen (secondary N) is 2. The highest BCUT2D eigenvalue weighted by Crippen LogP contribution is 2.40. The lowest BCUT2D eigenvalue weighted by Gasteiger charge is -2.22. The average molecular weight is 473 g/mol. The van der Waals surface area contributed by atoms with E-state index < -0.39 is 0 Å². The van der Waals surface area contributed by atoms with Crippen molar-refractivity contribution in [1.29, 1.82) is 0 Å². The van der Waals surface area contributed by atoms with Gasteiger partial charge in [-0.3, -0.25) is 4.99 Å². The van der Waals surface area contributed by atoms with Crippen LogP contribution in [0, 0.1) is 10.8 Å². The number of rotatable bonds is 3. The molecule has 0 radical (unpaired) electrons. The van der Waals surface area contributed by atoms with E-state index in [9.17, 15) is 0 Å². The molecule has 2 spiro atoms. The Bertz CT molecular complexity index is 611. The largest absolute Gasteiger partial charge is 0.361 e. The van der Waals surface area contributed by atoms with Crippen LogP contribution in [0.25, 0.3) is 0 Å². The van der Waals surface area contributed by atoms with Crippen molar-refractivity contribution in [3.63, 3.8) is 0 Å². The lowest BCUT2D eigenvalue weighted by molar-refractivity contribution is 0.344. The Morgan fingerprint density at radius 1 is 1.13 bits per heavy atom. The molecule has 9 heteroatoms. The Morgan fingerprint density at radius 3 is 2.23 bits per heavy atom. The fraction of sp³-hybridized carbons (Fsp3) is 0.762. The van der Waals surface area contributed by atoms with Crippen LogP contribution >= 0.6 is 36.8 Å². The molecule has 30 heavy (non-hydrogen) atoms. The second-order valence-electron chi connectivity index (χ2n) is 8.15. The van der Waals surface area contributed by atoms with Gasteiger partial charge in [0.05, 0.1) is 6.54 Å². The maximum absolute atomic E-state index is 5.23. The van der Waals surface area contributed by atoms with Crippen LogP contribution in [0.2, 0.25) is 0 Å². The Balaban J connectivity index is 0.000000243. The highest BCUT2D eigenvalue weighted by atomic mass is 35.5. The molecule has 0 amide bonds. The minimum atomic E-state index is 0. The molecule has 4 rings (SSSR count). The quantitative estimate of drug-likeness (QED) is 0.471. The Hall–Kier alpha value is -1.12. The predicted molar refractivity (Wildman–Crippen MR) is 140 cm³/mol. The molecule has 0 unspecified atom stereocenters. The van der Waals surface area contributed by atoms with Crippen LogP contribution in [0.4, 0.5) is 0 Å². The van der Waals surface area contributed by atoms with Gasteiger partial charge in [-0.15, -0.1) is 12.4 Å². The Labute approximate surface area is 198 Å². The SMILES string of the molecule is C1=NNCC12CCCC2.CCN=CC=S.CCNC(=S)N1CC2(C=N1)CCCC2.Cl. The summed E-state index contributed by atoms with van der Waals surface area (Å²) < 4.78 is 0. The number of nitrogens with zero attached hydrogens (tertiary/aromatic N) is 4. The van der Waals surface area contributed by atoms with Gasteiger partial charge in [0.15, 0.2) is 5.11 Å². The van der Waals surface area contributed by atoms with E-state index >= 15 is 0 Å². The van der Waals surface area contributed by atoms with E-state index in [-0.39, 0.29) is 12.4 Å². The molecular weight excluding hydrogens is 436 g/mol. The van der Waals surface area contributed by atoms with E-state index in [1.165, 1.54) is 56.7 Å². The number of aliphatic imine (C=N–C) groups is 1. The second-order valence-corrected chi connectivity index (χ2v) is 8.81. The summed E-state index contributed by atoms with van der Waals surface area (Å²) in [6, 6.07) is 0. The van der Waals surface area contributed by atoms with Crippen LogP contribution in [0.3, 0.4) is 0 Å². The van der Waals surface area contributed by atoms with Gasteiger partial charge in [-0.1, -0.05) is 37.9 Å². The number of hydrogen-bond acceptors (Lipinski definition) is 6. The first-order chi connectivity index (χ1) is 14.1. The smallest absolute Gasteiger partial charge is 0.189 e. The fourth-order valence-corrected chi connectivity index (χ4v) is 4.61. The Morgan fingerprint density at radius 2 is 1.77 bits per heavy atom. The van der Waals surface area contributed by atoms with Crippen molar-refractivity contribution in [3.8, 4) is 0 Å². The zero-order chi connectivity index (χ0) is 21.0. The summed E-state index contributed by atoms with van der Waals surface area (Å²) in [6.45, 7) is 7.80. The minimum Gasteiger partial charge on any atom is -0.361 e. The first kappa shape index (κ1) is 26.9. The molecule has 2 N–H and O–H groups in total. The van der Waals surface area contributed by atoms with Gasteiger partial charge in [0.1, 0.15) is 0 Å². The van der Waals surface area contributed by atoms with Crippen LogP contribution < -0.4 is 10.7 Å². The van der Waals surface area contributed by atoms with Gasteiger partial charge in [0.2, 0.25) is 0 Å². The third kappa shape index (κ3) is 8.19. The lowest BCUT2D eigenvalue weighted by Crippen LogP contribution is -2.38. The van der Waals surface area contributed by atoms with E-state index in [1.807, 2.05) is 11.9 Å². The van der Waals surface area contributed by atoms with E-state index in [0.717, 1.165) is 31.3 Å². The fourth-order valence-electron chi connectivity index (χ4n) is 4.27. The molecular formula is C21H37ClN6S2. The molecule has 0 aromatic rings. The molecule has 2 aliphatic heterocycles. The molecule has 6 nitrogen and oxygen atoms in total. The van der Waals surface area contributed by atoms with Crippen molar-refractivity contribution in [2.24, 2.45) is 26.0 Å². The van der Waals surface area contributed by atoms with Crippen LogP contribution in [-0.4, -0.2) is 60.3 Å². The second kappa shape index (κ2) is 14.0. The molecule has 0 aromatic heterocycles. The first-order valence-electron chi connectivity index (χ1n) is 10.9. The maximum atomic E-state index is 5.23. The average Bonchev–Trinajstić information content (AvgIpc) is 3.54. The van der Waals surface area contributed by atoms with E-state index in [2.05, 4.69) is 57.5 Å². The lowest BCUT2D eigenvalue weighted by atomic mass is 9.89. The minimum absolute atomic E-state index is 0. The summed E-state index contributed by atoms with van der Waals surface area (Å²) >= 11 is 9.68. The van der Waals surface area contributed by atoms with E-state index in [1.54, 1.807) is 6.21 Å². The summed E-state index contributed by atoms with van der Waals surface area (Å²) in [6.07, 6.45) is 16.6. The monoisotopic (exact) mass is 472 g/mol. The van der Waals surface area contributed by atoms with Crippen LogP contribution in [0.5, 0.6) is 0 Å². The number of hydrazone groups is 2. The molecule has 0 bridgehead atoms. The van der Waals surface area contributed by atoms with Crippen LogP contribution in [0.1, 0.15) is 65.2 Å². The highest BCUT2D eigenvalue weighted by Gasteiger charge is 2.38. The summed E-state index contributed by atoms with van der Waals surface area (Å²) in [4.78, 5) is 3.81. The van der Waals surface area contributed by atoms with Gasteiger partial charge in [-0.25, -0.2) is 5.01 Å². The van der Waals surface area contributed by atoms with Crippen LogP contribution in [0.15, 0.2) is 15.2 Å². The summed E-state index contributed by atoms with van der Waals surface area (Å²) in [5, 5.41) is 15.8. The summed E-state index contributed by atoms with van der Waals surface area (Å²) in [7, 11) is 0. The van der Waals surface area contributed by atoms with Gasteiger partial charge in [0, 0.05) is 54.5 Å². The maximum Gasteiger partial charge on any atom is 0.189 e. The van der Waals surface area contributed by atoms with Crippen molar-refractivity contribution < 1.29 is 0 Å². The zero-order valence-corrected chi connectivity index (χ0v) is 20.8. The van der Waals surface area contributed by atoms with Crippen molar-refractivity contribution in [3.05, 3.63) is 0 Å². The van der Waals surface area contributed by atoms with E-state index in [4.69, 9.17) is 12.2 Å². The zero-order valence-electron chi connectivity index (χ0n) is 18.3. The number of halogens is 1. The van der Waals surface area contributed by atoms with Crippen molar-refractivity contribution in [2.45, 2.75) is 65.2 Å². The van der Waals surface area contributed by atoms with Gasteiger partial charge in [-0.2, -0.15) is 10.2 Å². The third-order valence-electron chi connectivity index (χ3n) is 5.91. The van der Waals surface area contributed by atoms with E-state index in [0.29, 0.717) is 10.8 Å². The predicted octanol–water partition coefficient (Wildman–Crippen LogP) is 4.38. The van der Waals surface area contributed by atoms with Crippen molar-refractivity contribution in [1.82, 2.24) is 15.8 Å². The summed E-state index contributed by atoms with van der Waals surface area (Å²) in [5.74, 6) is 0. The topological polar surface area (TPSA) is 64.4 Å². The highest BCUT2D eigenvalue weighted by molar-refractivity contribution is 7.80. The normalized spacial score (nSPS) is 21.6. The molecule has 0 saturated heterocycles. The summed E-state index contributed by atoms with van der Waals surface area (Å²) in [5.41, 5.74) is 3.86. The number of hydrogen-bond donors (Lipinski definition) is 2. The standard InChI is InChI=1S/C10H17N3S.C7H12N2.C4H7NS.ClH/c1-2-11-9(14)13-8-10(7-12-13)5-3-4-6-10;1-2-4-7(3-1)5-8-9-6-7;1-2-5-3-4-6;/h7H,2-6,8H2,1H3,(H,11,14);5,9H,1-4,6H2;3-4H,2H2,1H3;1H. The van der Waals surface area contributed by atoms with Gasteiger partial charge >= 0.3 is 0 Å². The number of thiocarbonyl (C=S) groups is 2. The first-order valence-corrected chi connectivity index (χ1v) is 11.8. The molecule has 0 atom stereocenters. The third-order valence-corrected chi connectivity index (χ3v) is 6.38. The van der Waals surface area contributed by atoms with Gasteiger partial charge < -0.3 is 10.7 Å². The molecule has 0 aromatic carbocycles. The Kier molecular flexibility index (Phi) is 12.6. The van der Waals surface area contributed by atoms with Crippen LogP contribution in [-0.2, 0) is 0 Å². The van der Waals surface area contributed by atoms with Crippen molar-refractivity contribution in [2.75, 3.05) is 26.2 Å². The molecule has 2 fully saturated rings. The molecule has 170 valence electrons. The molecule has 2 aliphatic carbocycles. The molecule has 4 aliphatic rings. The van der Waals surface area contributed by atoms with Gasteiger partial charge in [0.25, 0.3) is 0 Å². The van der Waals surface area contributed by atoms with Crippen molar-refractivity contribution >= 4 is 66.0 Å². The molecule has 2 saturated carbocycles.